The lowest BCUT2D eigenvalue weighted by Gasteiger charge is -1.96. The molecule has 1 amide bonds. The van der Waals surface area contributed by atoms with Crippen LogP contribution in [0.4, 0.5) is 16.0 Å². The van der Waals surface area contributed by atoms with Gasteiger partial charge in [0, 0.05) is 17.5 Å². The Morgan fingerprint density at radius 3 is 2.76 bits per heavy atom. The number of aliphatic imine (C=N–C) groups is 1. The molecule has 3 rings (SSSR count). The highest BCUT2D eigenvalue weighted by Crippen LogP contribution is 2.29. The average Bonchev–Trinajstić information content (AvgIpc) is 3.11. The highest BCUT2D eigenvalue weighted by atomic mass is 35.5. The van der Waals surface area contributed by atoms with E-state index in [-0.39, 0.29) is 34.9 Å². The van der Waals surface area contributed by atoms with Gasteiger partial charge in [0.1, 0.15) is 5.69 Å². The summed E-state index contributed by atoms with van der Waals surface area (Å²) in [7, 11) is 0. The van der Waals surface area contributed by atoms with Gasteiger partial charge in [0.2, 0.25) is 5.13 Å². The number of amides is 1. The number of guanidine groups is 1. The van der Waals surface area contributed by atoms with Gasteiger partial charge in [-0.15, -0.1) is 23.7 Å². The van der Waals surface area contributed by atoms with Crippen LogP contribution in [0.3, 0.4) is 0 Å². The van der Waals surface area contributed by atoms with E-state index in [0.717, 1.165) is 16.0 Å². The molecule has 0 radical (unpaired) electrons. The Balaban J connectivity index is 0.00000225. The van der Waals surface area contributed by atoms with Crippen molar-refractivity contribution in [1.82, 2.24) is 9.97 Å². The summed E-state index contributed by atoms with van der Waals surface area (Å²) < 4.78 is 0.718. The second kappa shape index (κ2) is 7.38. The molecule has 10 nitrogen and oxygen atoms in total. The van der Waals surface area contributed by atoms with E-state index in [1.54, 1.807) is 6.07 Å². The van der Waals surface area contributed by atoms with Gasteiger partial charge in [0.25, 0.3) is 11.6 Å². The summed E-state index contributed by atoms with van der Waals surface area (Å²) in [4.78, 5) is 34.3. The number of hydrogen-bond donors (Lipinski definition) is 3. The summed E-state index contributed by atoms with van der Waals surface area (Å²) in [6.07, 6.45) is 0. The van der Waals surface area contributed by atoms with Gasteiger partial charge in [-0.25, -0.2) is 9.97 Å². The fourth-order valence-corrected chi connectivity index (χ4v) is 3.30. The smallest absolute Gasteiger partial charge is 0.276 e. The van der Waals surface area contributed by atoms with Gasteiger partial charge in [-0.2, -0.15) is 4.99 Å². The molecule has 0 bridgehead atoms. The predicted octanol–water partition coefficient (Wildman–Crippen LogP) is 2.24. The van der Waals surface area contributed by atoms with E-state index in [2.05, 4.69) is 20.3 Å². The summed E-state index contributed by atoms with van der Waals surface area (Å²) in [5, 5.41) is 15.4. The molecule has 0 fully saturated rings. The Hall–Kier alpha value is -2.83. The van der Waals surface area contributed by atoms with E-state index in [1.165, 1.54) is 28.8 Å². The highest BCUT2D eigenvalue weighted by molar-refractivity contribution is 7.22. The number of carbonyl (C=O) groups excluding carboxylic acids is 1. The summed E-state index contributed by atoms with van der Waals surface area (Å²) in [5.74, 6) is -0.624. The fourth-order valence-electron chi connectivity index (χ4n) is 1.77. The molecule has 0 saturated carbocycles. The van der Waals surface area contributed by atoms with Gasteiger partial charge in [0.05, 0.1) is 15.1 Å². The first-order valence-corrected chi connectivity index (χ1v) is 8.03. The number of nitro groups is 1. The molecule has 0 aliphatic heterocycles. The molecule has 2 heterocycles. The van der Waals surface area contributed by atoms with Crippen molar-refractivity contribution in [2.45, 2.75) is 0 Å². The molecule has 3 aromatic rings. The molecule has 2 aromatic heterocycles. The first-order valence-electron chi connectivity index (χ1n) is 6.34. The standard InChI is InChI=1S/C12H9N7O3S2.ClH/c13-10(14)18-11-16-7(4-23-11)9(20)17-12-15-6-3-5(19(21)22)1-2-8(6)24-12;/h1-4H,(H,15,17,20)(H4,13,14,16,18);1H. The minimum absolute atomic E-state index is 0. The molecule has 25 heavy (non-hydrogen) atoms. The van der Waals surface area contributed by atoms with E-state index in [4.69, 9.17) is 11.5 Å². The molecule has 0 aliphatic rings. The van der Waals surface area contributed by atoms with Crippen LogP contribution >= 0.6 is 35.1 Å². The van der Waals surface area contributed by atoms with Crippen molar-refractivity contribution in [3.05, 3.63) is 39.4 Å². The van der Waals surface area contributed by atoms with Crippen LogP contribution in [0.1, 0.15) is 10.5 Å². The number of rotatable bonds is 4. The van der Waals surface area contributed by atoms with Gasteiger partial charge in [-0.05, 0) is 6.07 Å². The molecule has 0 atom stereocenters. The zero-order valence-corrected chi connectivity index (χ0v) is 14.7. The van der Waals surface area contributed by atoms with Crippen LogP contribution in [0.25, 0.3) is 10.2 Å². The van der Waals surface area contributed by atoms with Crippen molar-refractivity contribution in [1.29, 1.82) is 0 Å². The van der Waals surface area contributed by atoms with Crippen LogP contribution in [0.2, 0.25) is 0 Å². The number of carbonyl (C=O) groups is 1. The predicted molar refractivity (Wildman–Crippen MR) is 99.1 cm³/mol. The number of nitrogens with two attached hydrogens (primary N) is 2. The number of thiazole rings is 2. The Bertz CT molecular complexity index is 980. The van der Waals surface area contributed by atoms with E-state index in [9.17, 15) is 14.9 Å². The molecule has 0 unspecified atom stereocenters. The van der Waals surface area contributed by atoms with Gasteiger partial charge < -0.3 is 11.5 Å². The molecule has 0 aliphatic carbocycles. The number of fused-ring (bicyclic) bond motifs is 1. The second-order valence-electron chi connectivity index (χ2n) is 4.43. The molecule has 0 spiro atoms. The lowest BCUT2D eigenvalue weighted by atomic mass is 10.3. The van der Waals surface area contributed by atoms with Gasteiger partial charge >= 0.3 is 0 Å². The van der Waals surface area contributed by atoms with Crippen molar-refractivity contribution in [2.75, 3.05) is 5.32 Å². The Morgan fingerprint density at radius 2 is 2.08 bits per heavy atom. The lowest BCUT2D eigenvalue weighted by Crippen LogP contribution is -2.21. The van der Waals surface area contributed by atoms with E-state index in [1.807, 2.05) is 0 Å². The minimum atomic E-state index is -0.502. The highest BCUT2D eigenvalue weighted by Gasteiger charge is 2.15. The SMILES string of the molecule is Cl.NC(N)=Nc1nc(C(=O)Nc2nc3cc([N+](=O)[O-])ccc3s2)cs1. The van der Waals surface area contributed by atoms with E-state index < -0.39 is 10.8 Å². The fraction of sp³-hybridized carbons (Fsp3) is 0. The van der Waals surface area contributed by atoms with Crippen molar-refractivity contribution in [3.63, 3.8) is 0 Å². The number of nitrogens with one attached hydrogen (secondary N) is 1. The maximum atomic E-state index is 12.1. The number of nitrogens with zero attached hydrogens (tertiary/aromatic N) is 4. The van der Waals surface area contributed by atoms with Crippen molar-refractivity contribution < 1.29 is 9.72 Å². The Labute approximate surface area is 154 Å². The number of halogens is 1. The first kappa shape index (κ1) is 18.5. The van der Waals surface area contributed by atoms with Crippen molar-refractivity contribution in [2.24, 2.45) is 16.5 Å². The van der Waals surface area contributed by atoms with Crippen LogP contribution in [-0.2, 0) is 0 Å². The average molecular weight is 400 g/mol. The van der Waals surface area contributed by atoms with Crippen LogP contribution in [0.5, 0.6) is 0 Å². The monoisotopic (exact) mass is 399 g/mol. The summed E-state index contributed by atoms with van der Waals surface area (Å²) in [6.45, 7) is 0. The second-order valence-corrected chi connectivity index (χ2v) is 6.30. The molecule has 13 heteroatoms. The third-order valence-electron chi connectivity index (χ3n) is 2.75. The zero-order valence-electron chi connectivity index (χ0n) is 12.2. The summed E-state index contributed by atoms with van der Waals surface area (Å²) >= 11 is 2.32. The molecule has 5 N–H and O–H groups in total. The number of nitro benzene ring substituents is 1. The van der Waals surface area contributed by atoms with Crippen LogP contribution in [-0.4, -0.2) is 26.8 Å². The number of hydrogen-bond acceptors (Lipinski definition) is 8. The number of anilines is 1. The maximum absolute atomic E-state index is 12.1. The first-order chi connectivity index (χ1) is 11.4. The normalized spacial score (nSPS) is 10.1. The Morgan fingerprint density at radius 1 is 1.32 bits per heavy atom. The lowest BCUT2D eigenvalue weighted by molar-refractivity contribution is -0.384. The maximum Gasteiger partial charge on any atom is 0.276 e. The third-order valence-corrected chi connectivity index (χ3v) is 4.44. The Kier molecular flexibility index (Phi) is 5.46. The van der Waals surface area contributed by atoms with Gasteiger partial charge in [-0.1, -0.05) is 11.3 Å². The van der Waals surface area contributed by atoms with Crippen LogP contribution in [0.15, 0.2) is 28.6 Å². The van der Waals surface area contributed by atoms with Crippen LogP contribution in [0, 0.1) is 10.1 Å². The summed E-state index contributed by atoms with van der Waals surface area (Å²) in [5.41, 5.74) is 11.0. The minimum Gasteiger partial charge on any atom is -0.370 e. The quantitative estimate of drug-likeness (QED) is 0.262. The van der Waals surface area contributed by atoms with E-state index >= 15 is 0 Å². The topological polar surface area (TPSA) is 162 Å². The van der Waals surface area contributed by atoms with E-state index in [0.29, 0.717) is 10.6 Å². The molecule has 130 valence electrons. The molecular weight excluding hydrogens is 390 g/mol. The molecule has 1 aromatic carbocycles. The number of aromatic nitrogens is 2. The van der Waals surface area contributed by atoms with Crippen LogP contribution < -0.4 is 16.8 Å². The van der Waals surface area contributed by atoms with Crippen molar-refractivity contribution in [3.8, 4) is 0 Å². The number of non-ortho nitro benzene ring substituents is 1. The third kappa shape index (κ3) is 4.17. The number of benzene rings is 1. The van der Waals surface area contributed by atoms with Gasteiger partial charge in [0.15, 0.2) is 11.1 Å². The molecule has 0 saturated heterocycles. The zero-order chi connectivity index (χ0) is 17.3. The largest absolute Gasteiger partial charge is 0.370 e. The van der Waals surface area contributed by atoms with Gasteiger partial charge in [-0.3, -0.25) is 20.2 Å². The molecular formula is C12H10ClN7O3S2. The van der Waals surface area contributed by atoms with Crippen molar-refractivity contribution >= 4 is 73.1 Å². The summed E-state index contributed by atoms with van der Waals surface area (Å²) in [6, 6.07) is 4.32.